The molecule has 72 valence electrons. The summed E-state index contributed by atoms with van der Waals surface area (Å²) >= 11 is 0. The molecule has 0 aliphatic carbocycles. The van der Waals surface area contributed by atoms with E-state index in [4.69, 9.17) is 0 Å². The molecule has 14 heavy (non-hydrogen) atoms. The third-order valence-corrected chi connectivity index (χ3v) is 1.42. The molecule has 2 N–H and O–H groups in total. The van der Waals surface area contributed by atoms with Gasteiger partial charge in [-0.05, 0) is 5.92 Å². The average Bonchev–Trinajstić information content (AvgIpc) is 2.12. The molecule has 0 radical (unpaired) electrons. The largest absolute Gasteiger partial charge is 0.355 e. The zero-order chi connectivity index (χ0) is 10.4. The SMILES string of the molecule is CC(=O)NCC#Cc1cc(=O)cc[nH]1. The van der Waals surface area contributed by atoms with Crippen LogP contribution in [-0.4, -0.2) is 17.4 Å². The lowest BCUT2D eigenvalue weighted by molar-refractivity contribution is -0.118. The maximum absolute atomic E-state index is 10.9. The molecule has 0 aliphatic rings. The number of aromatic nitrogens is 1. The highest BCUT2D eigenvalue weighted by Crippen LogP contribution is 1.82. The van der Waals surface area contributed by atoms with E-state index in [1.165, 1.54) is 25.3 Å². The highest BCUT2D eigenvalue weighted by molar-refractivity contribution is 5.73. The first-order valence-corrected chi connectivity index (χ1v) is 4.10. The fourth-order valence-electron chi connectivity index (χ4n) is 0.826. The van der Waals surface area contributed by atoms with Crippen molar-refractivity contribution in [2.75, 3.05) is 6.54 Å². The first-order chi connectivity index (χ1) is 6.68. The van der Waals surface area contributed by atoms with Crippen LogP contribution < -0.4 is 10.7 Å². The van der Waals surface area contributed by atoms with Gasteiger partial charge in [-0.15, -0.1) is 0 Å². The standard InChI is InChI=1S/C10H10N2O2/c1-8(13)11-5-2-3-9-7-10(14)4-6-12-9/h4,6-7H,5H2,1H3,(H,11,13)(H,12,14). The third-order valence-electron chi connectivity index (χ3n) is 1.42. The van der Waals surface area contributed by atoms with Gasteiger partial charge in [0.1, 0.15) is 0 Å². The maximum Gasteiger partial charge on any atom is 0.217 e. The van der Waals surface area contributed by atoms with E-state index < -0.39 is 0 Å². The van der Waals surface area contributed by atoms with Crippen LogP contribution in [0.15, 0.2) is 23.1 Å². The number of amides is 1. The molecule has 0 atom stereocenters. The van der Waals surface area contributed by atoms with E-state index in [1.807, 2.05) is 0 Å². The van der Waals surface area contributed by atoms with E-state index in [9.17, 15) is 9.59 Å². The Hall–Kier alpha value is -2.02. The van der Waals surface area contributed by atoms with Gasteiger partial charge in [-0.1, -0.05) is 5.92 Å². The number of rotatable bonds is 1. The number of nitrogens with one attached hydrogen (secondary N) is 2. The molecule has 0 aliphatic heterocycles. The highest BCUT2D eigenvalue weighted by atomic mass is 16.1. The van der Waals surface area contributed by atoms with Crippen LogP contribution in [0.5, 0.6) is 0 Å². The Morgan fingerprint density at radius 1 is 1.64 bits per heavy atom. The van der Waals surface area contributed by atoms with Crippen LogP contribution in [0, 0.1) is 11.8 Å². The summed E-state index contributed by atoms with van der Waals surface area (Å²) in [5.74, 6) is 5.30. The minimum Gasteiger partial charge on any atom is -0.355 e. The van der Waals surface area contributed by atoms with Gasteiger partial charge in [-0.25, -0.2) is 0 Å². The van der Waals surface area contributed by atoms with Crippen molar-refractivity contribution in [2.24, 2.45) is 0 Å². The normalized spacial score (nSPS) is 8.64. The van der Waals surface area contributed by atoms with Gasteiger partial charge in [-0.3, -0.25) is 9.59 Å². The molecule has 1 rings (SSSR count). The number of carbonyl (C=O) groups excluding carboxylic acids is 1. The van der Waals surface area contributed by atoms with Gasteiger partial charge in [0.15, 0.2) is 5.43 Å². The molecule has 0 saturated carbocycles. The smallest absolute Gasteiger partial charge is 0.217 e. The molecule has 0 spiro atoms. The molecule has 4 nitrogen and oxygen atoms in total. The van der Waals surface area contributed by atoms with Crippen molar-refractivity contribution in [1.29, 1.82) is 0 Å². The number of aromatic amines is 1. The van der Waals surface area contributed by atoms with Crippen LogP contribution >= 0.6 is 0 Å². The Morgan fingerprint density at radius 2 is 2.43 bits per heavy atom. The van der Waals surface area contributed by atoms with Gasteiger partial charge >= 0.3 is 0 Å². The number of hydrogen-bond acceptors (Lipinski definition) is 2. The minimum absolute atomic E-state index is 0.0902. The van der Waals surface area contributed by atoms with E-state index in [0.717, 1.165) is 0 Å². The molecule has 4 heteroatoms. The summed E-state index contributed by atoms with van der Waals surface area (Å²) in [7, 11) is 0. The Balaban J connectivity index is 2.59. The lowest BCUT2D eigenvalue weighted by Crippen LogP contribution is -2.19. The van der Waals surface area contributed by atoms with Gasteiger partial charge in [0.25, 0.3) is 0 Å². The predicted molar refractivity (Wildman–Crippen MR) is 52.6 cm³/mol. The maximum atomic E-state index is 10.9. The summed E-state index contributed by atoms with van der Waals surface area (Å²) in [6, 6.07) is 2.82. The second-order valence-corrected chi connectivity index (χ2v) is 2.65. The molecule has 1 aromatic rings. The van der Waals surface area contributed by atoms with Crippen LogP contribution in [0.25, 0.3) is 0 Å². The summed E-state index contributed by atoms with van der Waals surface area (Å²) in [5, 5.41) is 2.53. The lowest BCUT2D eigenvalue weighted by Gasteiger charge is -1.91. The van der Waals surface area contributed by atoms with Crippen molar-refractivity contribution in [3.63, 3.8) is 0 Å². The van der Waals surface area contributed by atoms with Gasteiger partial charge in [0, 0.05) is 25.3 Å². The van der Waals surface area contributed by atoms with Gasteiger partial charge < -0.3 is 10.3 Å². The molecule has 0 fully saturated rings. The summed E-state index contributed by atoms with van der Waals surface area (Å²) < 4.78 is 0. The van der Waals surface area contributed by atoms with Crippen molar-refractivity contribution in [3.05, 3.63) is 34.2 Å². The number of H-pyrrole nitrogens is 1. The van der Waals surface area contributed by atoms with Crippen molar-refractivity contribution in [1.82, 2.24) is 10.3 Å². The van der Waals surface area contributed by atoms with Crippen LogP contribution in [0.3, 0.4) is 0 Å². The predicted octanol–water partition coefficient (Wildman–Crippen LogP) is -0.137. The number of hydrogen-bond donors (Lipinski definition) is 2. The van der Waals surface area contributed by atoms with Crippen molar-refractivity contribution >= 4 is 5.91 Å². The number of pyridine rings is 1. The second kappa shape index (κ2) is 4.87. The van der Waals surface area contributed by atoms with Crippen LogP contribution in [0.4, 0.5) is 0 Å². The van der Waals surface area contributed by atoms with Gasteiger partial charge in [-0.2, -0.15) is 0 Å². The fourth-order valence-corrected chi connectivity index (χ4v) is 0.826. The molecular weight excluding hydrogens is 180 g/mol. The first kappa shape index (κ1) is 10.1. The lowest BCUT2D eigenvalue weighted by atomic mass is 10.3. The average molecular weight is 190 g/mol. The summed E-state index contributed by atoms with van der Waals surface area (Å²) in [6.07, 6.45) is 1.53. The van der Waals surface area contributed by atoms with Gasteiger partial charge in [0.2, 0.25) is 5.91 Å². The molecule has 1 heterocycles. The quantitative estimate of drug-likeness (QED) is 0.605. The van der Waals surface area contributed by atoms with Gasteiger partial charge in [0.05, 0.1) is 12.2 Å². The summed E-state index contributed by atoms with van der Waals surface area (Å²) in [6.45, 7) is 1.71. The van der Waals surface area contributed by atoms with E-state index in [0.29, 0.717) is 5.69 Å². The summed E-state index contributed by atoms with van der Waals surface area (Å²) in [5.41, 5.74) is 0.454. The van der Waals surface area contributed by atoms with Crippen LogP contribution in [0.2, 0.25) is 0 Å². The fraction of sp³-hybridized carbons (Fsp3) is 0.200. The molecule has 0 unspecified atom stereocenters. The van der Waals surface area contributed by atoms with Crippen LogP contribution in [-0.2, 0) is 4.79 Å². The first-order valence-electron chi connectivity index (χ1n) is 4.10. The van der Waals surface area contributed by atoms with E-state index in [-0.39, 0.29) is 17.9 Å². The molecule has 0 saturated heterocycles. The van der Waals surface area contributed by atoms with Crippen molar-refractivity contribution in [2.45, 2.75) is 6.92 Å². The molecule has 0 aromatic carbocycles. The van der Waals surface area contributed by atoms with Crippen molar-refractivity contribution < 1.29 is 4.79 Å². The molecule has 0 bridgehead atoms. The van der Waals surface area contributed by atoms with E-state index in [1.54, 1.807) is 0 Å². The zero-order valence-electron chi connectivity index (χ0n) is 7.76. The second-order valence-electron chi connectivity index (χ2n) is 2.65. The highest BCUT2D eigenvalue weighted by Gasteiger charge is 1.87. The third kappa shape index (κ3) is 3.59. The van der Waals surface area contributed by atoms with Crippen LogP contribution in [0.1, 0.15) is 12.6 Å². The summed E-state index contributed by atoms with van der Waals surface area (Å²) in [4.78, 5) is 24.2. The Morgan fingerprint density at radius 3 is 3.07 bits per heavy atom. The molecule has 1 aromatic heterocycles. The Kier molecular flexibility index (Phi) is 3.50. The molecule has 1 amide bonds. The number of carbonyl (C=O) groups is 1. The minimum atomic E-state index is -0.124. The monoisotopic (exact) mass is 190 g/mol. The Labute approximate surface area is 81.3 Å². The van der Waals surface area contributed by atoms with Crippen molar-refractivity contribution in [3.8, 4) is 11.8 Å². The molecular formula is C10H10N2O2. The van der Waals surface area contributed by atoms with E-state index in [2.05, 4.69) is 22.1 Å². The van der Waals surface area contributed by atoms with E-state index >= 15 is 0 Å². The Bertz CT molecular complexity index is 437. The zero-order valence-corrected chi connectivity index (χ0v) is 7.76. The topological polar surface area (TPSA) is 62.0 Å².